The van der Waals surface area contributed by atoms with Gasteiger partial charge in [0.2, 0.25) is 11.8 Å². The highest BCUT2D eigenvalue weighted by atomic mass is 32.2. The summed E-state index contributed by atoms with van der Waals surface area (Å²) in [7, 11) is 3.94. The maximum atomic E-state index is 12.0. The fraction of sp³-hybridized carbons (Fsp3) is 0.381. The van der Waals surface area contributed by atoms with Gasteiger partial charge < -0.3 is 19.4 Å². The molecular weight excluding hydrogens is 430 g/mol. The molecule has 4 heterocycles. The van der Waals surface area contributed by atoms with E-state index in [1.807, 2.05) is 37.3 Å². The third-order valence-corrected chi connectivity index (χ3v) is 5.80. The fourth-order valence-corrected chi connectivity index (χ4v) is 3.98. The third-order valence-electron chi connectivity index (χ3n) is 4.99. The fourth-order valence-electron chi connectivity index (χ4n) is 3.31. The van der Waals surface area contributed by atoms with E-state index in [1.54, 1.807) is 18.3 Å². The Bertz CT molecular complexity index is 1010. The Balaban J connectivity index is 1.53. The standard InChI is InChI=1S/C21H25N7O3S/c1-26(2)10-11-31-18-13-15(12-17-19(29)25-21(30)32-17)23-20(24-18)28-8-6-27(7-9-28)16-4-3-5-22-14-16/h3-5,12-14H,6-11H2,1-2H3,(H,25,29,30). The molecule has 2 aliphatic rings. The topological polar surface area (TPSA) is 104 Å². The molecule has 1 N–H and O–H groups in total. The van der Waals surface area contributed by atoms with Crippen molar-refractivity contribution in [3.63, 3.8) is 0 Å². The Labute approximate surface area is 190 Å². The van der Waals surface area contributed by atoms with Gasteiger partial charge >= 0.3 is 0 Å². The number of pyridine rings is 1. The Morgan fingerprint density at radius 3 is 2.62 bits per heavy atom. The number of aromatic nitrogens is 3. The first-order chi connectivity index (χ1) is 15.5. The van der Waals surface area contributed by atoms with Crippen LogP contribution in [0.15, 0.2) is 35.5 Å². The van der Waals surface area contributed by atoms with E-state index >= 15 is 0 Å². The Kier molecular flexibility index (Phi) is 6.86. The lowest BCUT2D eigenvalue weighted by Crippen LogP contribution is -2.47. The van der Waals surface area contributed by atoms with Gasteiger partial charge in [0.1, 0.15) is 6.61 Å². The lowest BCUT2D eigenvalue weighted by Gasteiger charge is -2.36. The molecular formula is C21H25N7O3S. The summed E-state index contributed by atoms with van der Waals surface area (Å²) in [6.45, 7) is 4.31. The smallest absolute Gasteiger partial charge is 0.290 e. The van der Waals surface area contributed by atoms with Gasteiger partial charge in [-0.05, 0) is 44.1 Å². The average Bonchev–Trinajstić information content (AvgIpc) is 3.10. The van der Waals surface area contributed by atoms with Gasteiger partial charge in [-0.2, -0.15) is 4.98 Å². The Morgan fingerprint density at radius 1 is 1.19 bits per heavy atom. The number of carbonyl (C=O) groups is 2. The van der Waals surface area contributed by atoms with Crippen LogP contribution in [0.2, 0.25) is 0 Å². The molecule has 0 aliphatic carbocycles. The van der Waals surface area contributed by atoms with E-state index in [9.17, 15) is 9.59 Å². The van der Waals surface area contributed by atoms with Crippen LogP contribution >= 0.6 is 11.8 Å². The number of carbonyl (C=O) groups excluding carboxylic acids is 2. The van der Waals surface area contributed by atoms with Gasteiger partial charge in [0, 0.05) is 45.0 Å². The van der Waals surface area contributed by atoms with Crippen LogP contribution in [0.25, 0.3) is 6.08 Å². The molecule has 2 aromatic heterocycles. The maximum absolute atomic E-state index is 12.0. The number of likely N-dealkylation sites (N-methyl/N-ethyl adjacent to an activating group) is 1. The van der Waals surface area contributed by atoms with Gasteiger partial charge in [0.15, 0.2) is 0 Å². The summed E-state index contributed by atoms with van der Waals surface area (Å²) in [6.07, 6.45) is 5.23. The number of anilines is 2. The van der Waals surface area contributed by atoms with Gasteiger partial charge in [-0.15, -0.1) is 0 Å². The highest BCUT2D eigenvalue weighted by Crippen LogP contribution is 2.27. The zero-order valence-corrected chi connectivity index (χ0v) is 18.8. The largest absolute Gasteiger partial charge is 0.476 e. The summed E-state index contributed by atoms with van der Waals surface area (Å²) < 4.78 is 5.85. The van der Waals surface area contributed by atoms with Gasteiger partial charge in [-0.25, -0.2) is 4.98 Å². The van der Waals surface area contributed by atoms with Gasteiger partial charge in [0.05, 0.1) is 22.5 Å². The molecule has 0 radical (unpaired) electrons. The zero-order chi connectivity index (χ0) is 22.5. The molecule has 0 aromatic carbocycles. The molecule has 0 unspecified atom stereocenters. The van der Waals surface area contributed by atoms with Crippen LogP contribution < -0.4 is 19.9 Å². The number of amides is 2. The third kappa shape index (κ3) is 5.54. The number of imide groups is 1. The number of piperazine rings is 1. The number of nitrogens with zero attached hydrogens (tertiary/aromatic N) is 6. The summed E-state index contributed by atoms with van der Waals surface area (Å²) in [5.74, 6) is 0.563. The molecule has 0 atom stereocenters. The van der Waals surface area contributed by atoms with Crippen molar-refractivity contribution in [1.29, 1.82) is 0 Å². The number of ether oxygens (including phenoxy) is 1. The molecule has 32 heavy (non-hydrogen) atoms. The van der Waals surface area contributed by atoms with E-state index in [0.717, 1.165) is 50.2 Å². The molecule has 0 bridgehead atoms. The van der Waals surface area contributed by atoms with Crippen LogP contribution in [-0.2, 0) is 4.79 Å². The summed E-state index contributed by atoms with van der Waals surface area (Å²) in [5.41, 5.74) is 1.62. The van der Waals surface area contributed by atoms with E-state index in [1.165, 1.54) is 0 Å². The minimum atomic E-state index is -0.416. The first-order valence-corrected chi connectivity index (χ1v) is 11.1. The van der Waals surface area contributed by atoms with Crippen molar-refractivity contribution in [2.24, 2.45) is 0 Å². The predicted octanol–water partition coefficient (Wildman–Crippen LogP) is 1.46. The molecule has 0 spiro atoms. The second-order valence-corrected chi connectivity index (χ2v) is 8.64. The minimum absolute atomic E-state index is 0.306. The molecule has 2 saturated heterocycles. The van der Waals surface area contributed by atoms with Crippen molar-refractivity contribution in [3.8, 4) is 5.88 Å². The van der Waals surface area contributed by atoms with Crippen molar-refractivity contribution < 1.29 is 14.3 Å². The van der Waals surface area contributed by atoms with Crippen LogP contribution in [-0.4, -0.2) is 84.4 Å². The van der Waals surface area contributed by atoms with Crippen molar-refractivity contribution in [2.45, 2.75) is 0 Å². The maximum Gasteiger partial charge on any atom is 0.290 e. The number of thioether (sulfide) groups is 1. The second-order valence-electron chi connectivity index (χ2n) is 7.62. The lowest BCUT2D eigenvalue weighted by atomic mass is 10.3. The van der Waals surface area contributed by atoms with Crippen LogP contribution in [0.3, 0.4) is 0 Å². The number of nitrogens with one attached hydrogen (secondary N) is 1. The molecule has 10 nitrogen and oxygen atoms in total. The molecule has 2 aliphatic heterocycles. The molecule has 168 valence electrons. The molecule has 11 heteroatoms. The lowest BCUT2D eigenvalue weighted by molar-refractivity contribution is -0.115. The first-order valence-electron chi connectivity index (χ1n) is 10.3. The van der Waals surface area contributed by atoms with Crippen LogP contribution in [0.1, 0.15) is 5.69 Å². The van der Waals surface area contributed by atoms with Crippen LogP contribution in [0.4, 0.5) is 16.4 Å². The van der Waals surface area contributed by atoms with E-state index in [0.29, 0.717) is 29.0 Å². The van der Waals surface area contributed by atoms with E-state index in [2.05, 4.69) is 30.1 Å². The zero-order valence-electron chi connectivity index (χ0n) is 18.0. The van der Waals surface area contributed by atoms with E-state index in [-0.39, 0.29) is 5.24 Å². The molecule has 2 aromatic rings. The Hall–Kier alpha value is -3.18. The molecule has 4 rings (SSSR count). The van der Waals surface area contributed by atoms with Crippen molar-refractivity contribution in [3.05, 3.63) is 41.2 Å². The highest BCUT2D eigenvalue weighted by molar-refractivity contribution is 8.18. The predicted molar refractivity (Wildman–Crippen MR) is 124 cm³/mol. The summed E-state index contributed by atoms with van der Waals surface area (Å²) in [4.78, 5) is 43.6. The minimum Gasteiger partial charge on any atom is -0.476 e. The van der Waals surface area contributed by atoms with E-state index < -0.39 is 5.91 Å². The van der Waals surface area contributed by atoms with Crippen molar-refractivity contribution in [1.82, 2.24) is 25.2 Å². The van der Waals surface area contributed by atoms with Gasteiger partial charge in [-0.1, -0.05) is 0 Å². The second kappa shape index (κ2) is 9.96. The Morgan fingerprint density at radius 2 is 1.97 bits per heavy atom. The highest BCUT2D eigenvalue weighted by Gasteiger charge is 2.26. The number of rotatable bonds is 7. The summed E-state index contributed by atoms with van der Waals surface area (Å²) in [5, 5.41) is 1.88. The van der Waals surface area contributed by atoms with E-state index in [4.69, 9.17) is 4.74 Å². The molecule has 2 fully saturated rings. The SMILES string of the molecule is CN(C)CCOc1cc(C=C2SC(=O)NC2=O)nc(N2CCN(c3cccnc3)CC2)n1. The molecule has 2 amide bonds. The summed E-state index contributed by atoms with van der Waals surface area (Å²) >= 11 is 0.863. The number of hydrogen-bond acceptors (Lipinski definition) is 10. The monoisotopic (exact) mass is 455 g/mol. The first kappa shape index (κ1) is 22.0. The van der Waals surface area contributed by atoms with Crippen LogP contribution in [0, 0.1) is 0 Å². The average molecular weight is 456 g/mol. The quantitative estimate of drug-likeness (QED) is 0.617. The normalized spacial score (nSPS) is 17.9. The van der Waals surface area contributed by atoms with Crippen molar-refractivity contribution >= 4 is 40.6 Å². The number of hydrogen-bond donors (Lipinski definition) is 1. The van der Waals surface area contributed by atoms with Gasteiger partial charge in [0.25, 0.3) is 11.1 Å². The van der Waals surface area contributed by atoms with Crippen molar-refractivity contribution in [2.75, 3.05) is 63.2 Å². The summed E-state index contributed by atoms with van der Waals surface area (Å²) in [6, 6.07) is 5.67. The van der Waals surface area contributed by atoms with Gasteiger partial charge in [-0.3, -0.25) is 19.9 Å². The van der Waals surface area contributed by atoms with Crippen LogP contribution in [0.5, 0.6) is 5.88 Å². The molecule has 0 saturated carbocycles.